The van der Waals surface area contributed by atoms with E-state index in [0.717, 1.165) is 6.07 Å². The summed E-state index contributed by atoms with van der Waals surface area (Å²) in [6, 6.07) is 1.07. The number of hydrogen-bond donors (Lipinski definition) is 3. The second kappa shape index (κ2) is 3.14. The molecule has 0 heterocycles. The van der Waals surface area contributed by atoms with E-state index in [1.54, 1.807) is 0 Å². The van der Waals surface area contributed by atoms with Crippen LogP contribution in [0.25, 0.3) is 0 Å². The van der Waals surface area contributed by atoms with Gasteiger partial charge in [0.15, 0.2) is 0 Å². The molecule has 14 heavy (non-hydrogen) atoms. The number of rotatable bonds is 1. The molecule has 3 N–H and O–H groups in total. The van der Waals surface area contributed by atoms with Crippen molar-refractivity contribution in [3.05, 3.63) is 17.2 Å². The molecule has 0 radical (unpaired) electrons. The molecule has 0 aliphatic heterocycles. The zero-order chi connectivity index (χ0) is 11.1. The molecule has 0 aliphatic rings. The van der Waals surface area contributed by atoms with Crippen LogP contribution in [0.15, 0.2) is 11.0 Å². The molecule has 0 spiro atoms. The van der Waals surface area contributed by atoms with Gasteiger partial charge in [-0.15, -0.1) is 0 Å². The van der Waals surface area contributed by atoms with Crippen molar-refractivity contribution in [3.8, 4) is 11.5 Å². The van der Waals surface area contributed by atoms with Gasteiger partial charge in [0.2, 0.25) is 0 Å². The molecule has 0 aromatic heterocycles. The lowest BCUT2D eigenvalue weighted by Crippen LogP contribution is -2.02. The van der Waals surface area contributed by atoms with Gasteiger partial charge in [-0.2, -0.15) is 8.42 Å². The maximum absolute atomic E-state index is 10.8. The van der Waals surface area contributed by atoms with Gasteiger partial charge in [-0.05, 0) is 25.5 Å². The van der Waals surface area contributed by atoms with Crippen molar-refractivity contribution in [2.24, 2.45) is 0 Å². The Morgan fingerprint density at radius 2 is 1.71 bits per heavy atom. The zero-order valence-corrected chi connectivity index (χ0v) is 8.46. The molecular weight excluding hydrogens is 208 g/mol. The Morgan fingerprint density at radius 1 is 1.21 bits per heavy atom. The summed E-state index contributed by atoms with van der Waals surface area (Å²) in [5, 5.41) is 18.7. The van der Waals surface area contributed by atoms with E-state index in [0.29, 0.717) is 5.56 Å². The normalized spacial score (nSPS) is 11.6. The standard InChI is InChI=1S/C8H10O5S/c1-4-3-6(9)8(14(11,12)13)5(2)7(4)10/h3,9-10H,1-2H3,(H,11,12,13). The topological polar surface area (TPSA) is 94.8 Å². The average molecular weight is 218 g/mol. The quantitative estimate of drug-likeness (QED) is 0.482. The van der Waals surface area contributed by atoms with E-state index in [4.69, 9.17) is 4.55 Å². The lowest BCUT2D eigenvalue weighted by atomic mass is 10.1. The molecule has 78 valence electrons. The van der Waals surface area contributed by atoms with Crippen molar-refractivity contribution in [1.29, 1.82) is 0 Å². The summed E-state index contributed by atoms with van der Waals surface area (Å²) in [4.78, 5) is -0.652. The lowest BCUT2D eigenvalue weighted by Gasteiger charge is -2.09. The highest BCUT2D eigenvalue weighted by Crippen LogP contribution is 2.34. The third kappa shape index (κ3) is 1.66. The summed E-state index contributed by atoms with van der Waals surface area (Å²) in [5.41, 5.74) is 0.275. The van der Waals surface area contributed by atoms with Crippen molar-refractivity contribution in [2.75, 3.05) is 0 Å². The molecule has 0 saturated carbocycles. The minimum absolute atomic E-state index is 0.0648. The molecule has 6 heteroatoms. The van der Waals surface area contributed by atoms with Gasteiger partial charge in [-0.1, -0.05) is 0 Å². The number of phenolic OH excluding ortho intramolecular Hbond substituents is 2. The van der Waals surface area contributed by atoms with Gasteiger partial charge in [0, 0.05) is 5.56 Å². The van der Waals surface area contributed by atoms with E-state index in [1.807, 2.05) is 0 Å². The molecule has 1 aromatic carbocycles. The summed E-state index contributed by atoms with van der Waals surface area (Å²) in [6.45, 7) is 2.81. The number of hydrogen-bond acceptors (Lipinski definition) is 4. The Labute approximate surface area is 81.4 Å². The first-order valence-corrected chi connectivity index (χ1v) is 5.18. The Kier molecular flexibility index (Phi) is 2.43. The first-order valence-electron chi connectivity index (χ1n) is 3.74. The Hall–Kier alpha value is -1.27. The molecule has 1 rings (SSSR count). The summed E-state index contributed by atoms with van der Waals surface area (Å²) >= 11 is 0. The first-order chi connectivity index (χ1) is 6.25. The van der Waals surface area contributed by atoms with E-state index >= 15 is 0 Å². The van der Waals surface area contributed by atoms with Crippen LogP contribution in [0.2, 0.25) is 0 Å². The highest BCUT2D eigenvalue weighted by atomic mass is 32.2. The fraction of sp³-hybridized carbons (Fsp3) is 0.250. The van der Waals surface area contributed by atoms with Crippen LogP contribution in [0.1, 0.15) is 11.1 Å². The van der Waals surface area contributed by atoms with E-state index < -0.39 is 20.8 Å². The molecule has 5 nitrogen and oxygen atoms in total. The second-order valence-electron chi connectivity index (χ2n) is 2.99. The van der Waals surface area contributed by atoms with Gasteiger partial charge < -0.3 is 10.2 Å². The number of benzene rings is 1. The Bertz CT molecular complexity index is 475. The molecule has 0 saturated heterocycles. The monoisotopic (exact) mass is 218 g/mol. The first kappa shape index (κ1) is 10.8. The zero-order valence-electron chi connectivity index (χ0n) is 7.64. The smallest absolute Gasteiger partial charge is 0.298 e. The summed E-state index contributed by atoms with van der Waals surface area (Å²) in [5.74, 6) is -0.823. The molecule has 0 amide bonds. The number of aromatic hydroxyl groups is 2. The summed E-state index contributed by atoms with van der Waals surface area (Å²) < 4.78 is 30.4. The van der Waals surface area contributed by atoms with Crippen LogP contribution in [0, 0.1) is 13.8 Å². The highest BCUT2D eigenvalue weighted by molar-refractivity contribution is 7.86. The molecule has 0 atom stereocenters. The molecular formula is C8H10O5S. The minimum atomic E-state index is -4.51. The van der Waals surface area contributed by atoms with Gasteiger partial charge >= 0.3 is 0 Å². The van der Waals surface area contributed by atoms with E-state index in [2.05, 4.69) is 0 Å². The van der Waals surface area contributed by atoms with Crippen LogP contribution in [0.5, 0.6) is 11.5 Å². The Morgan fingerprint density at radius 3 is 2.14 bits per heavy atom. The lowest BCUT2D eigenvalue weighted by molar-refractivity contribution is 0.427. The fourth-order valence-electron chi connectivity index (χ4n) is 1.26. The average Bonchev–Trinajstić information content (AvgIpc) is 1.97. The molecule has 1 aromatic rings. The number of phenols is 2. The third-order valence-electron chi connectivity index (χ3n) is 1.91. The SMILES string of the molecule is Cc1cc(O)c(S(=O)(=O)O)c(C)c1O. The van der Waals surface area contributed by atoms with Crippen molar-refractivity contribution in [2.45, 2.75) is 18.7 Å². The third-order valence-corrected chi connectivity index (χ3v) is 2.94. The van der Waals surface area contributed by atoms with Crippen molar-refractivity contribution in [3.63, 3.8) is 0 Å². The molecule has 0 fully saturated rings. The summed E-state index contributed by atoms with van der Waals surface area (Å²) in [6.07, 6.45) is 0. The maximum Gasteiger partial charge on any atom is 0.298 e. The predicted molar refractivity (Wildman–Crippen MR) is 49.1 cm³/mol. The molecule has 0 bridgehead atoms. The Balaban J connectivity index is 3.70. The van der Waals surface area contributed by atoms with Crippen molar-refractivity contribution in [1.82, 2.24) is 0 Å². The largest absolute Gasteiger partial charge is 0.507 e. The van der Waals surface area contributed by atoms with Gasteiger partial charge in [0.25, 0.3) is 10.1 Å². The van der Waals surface area contributed by atoms with Gasteiger partial charge in [-0.3, -0.25) is 4.55 Å². The summed E-state index contributed by atoms with van der Waals surface area (Å²) in [7, 11) is -4.51. The van der Waals surface area contributed by atoms with Gasteiger partial charge in [-0.25, -0.2) is 0 Å². The van der Waals surface area contributed by atoms with Crippen molar-refractivity contribution >= 4 is 10.1 Å². The van der Waals surface area contributed by atoms with Crippen LogP contribution >= 0.6 is 0 Å². The van der Waals surface area contributed by atoms with E-state index in [9.17, 15) is 18.6 Å². The van der Waals surface area contributed by atoms with Crippen LogP contribution in [-0.4, -0.2) is 23.2 Å². The van der Waals surface area contributed by atoms with Crippen LogP contribution < -0.4 is 0 Å². The second-order valence-corrected chi connectivity index (χ2v) is 4.35. The van der Waals surface area contributed by atoms with E-state index in [1.165, 1.54) is 13.8 Å². The van der Waals surface area contributed by atoms with Crippen molar-refractivity contribution < 1.29 is 23.2 Å². The van der Waals surface area contributed by atoms with E-state index in [-0.39, 0.29) is 11.3 Å². The predicted octanol–water partition coefficient (Wildman–Crippen LogP) is 0.961. The van der Waals surface area contributed by atoms with Gasteiger partial charge in [0.05, 0.1) is 0 Å². The van der Waals surface area contributed by atoms with Gasteiger partial charge in [0.1, 0.15) is 16.4 Å². The van der Waals surface area contributed by atoms with Crippen LogP contribution in [0.3, 0.4) is 0 Å². The highest BCUT2D eigenvalue weighted by Gasteiger charge is 2.22. The van der Waals surface area contributed by atoms with Crippen LogP contribution in [0.4, 0.5) is 0 Å². The fourth-order valence-corrected chi connectivity index (χ4v) is 2.07. The maximum atomic E-state index is 10.8. The van der Waals surface area contributed by atoms with Crippen LogP contribution in [-0.2, 0) is 10.1 Å². The molecule has 0 aliphatic carbocycles. The number of aryl methyl sites for hydroxylation is 1. The minimum Gasteiger partial charge on any atom is -0.507 e. The molecule has 0 unspecified atom stereocenters.